The van der Waals surface area contributed by atoms with E-state index in [1.165, 1.54) is 77.0 Å². The molecule has 0 amide bonds. The average Bonchev–Trinajstić information content (AvgIpc) is 2.72. The molecule has 0 rings (SSSR count). The molecule has 194 valence electrons. The third-order valence-electron chi connectivity index (χ3n) is 4.97. The second-order valence-electron chi connectivity index (χ2n) is 8.02. The van der Waals surface area contributed by atoms with Crippen LogP contribution in [0.3, 0.4) is 0 Å². The van der Waals surface area contributed by atoms with Gasteiger partial charge in [0, 0.05) is 0 Å². The van der Waals surface area contributed by atoms with Gasteiger partial charge in [0.2, 0.25) is 0 Å². The molecule has 0 aromatic carbocycles. The first-order chi connectivity index (χ1) is 14.4. The van der Waals surface area contributed by atoms with E-state index in [4.69, 9.17) is 13.3 Å². The Balaban J connectivity index is -0.000000195. The Morgan fingerprint density at radius 1 is 0.548 bits per heavy atom. The summed E-state index contributed by atoms with van der Waals surface area (Å²) in [5, 5.41) is 0. The number of unbranched alkanes of at least 4 members (excludes halogenated alkanes) is 6. The van der Waals surface area contributed by atoms with Crippen LogP contribution in [0.25, 0.3) is 0 Å². The average molecular weight is 522 g/mol. The van der Waals surface area contributed by atoms with Crippen LogP contribution in [0.4, 0.5) is 0 Å². The molecule has 0 heterocycles. The van der Waals surface area contributed by atoms with Crippen LogP contribution >= 0.6 is 28.3 Å². The SMILES string of the molecule is CCCCP(CCCC)CCCC.CCCCP(CCCC)CCCC.Cl.O=S([O-])O. The molecular formula is C24H56ClO3P2S-. The fraction of sp³-hybridized carbons (Fsp3) is 1.00. The molecule has 3 nitrogen and oxygen atoms in total. The van der Waals surface area contributed by atoms with Crippen molar-refractivity contribution in [3.05, 3.63) is 0 Å². The van der Waals surface area contributed by atoms with E-state index in [0.717, 1.165) is 0 Å². The summed E-state index contributed by atoms with van der Waals surface area (Å²) in [6, 6.07) is 0. The van der Waals surface area contributed by atoms with Gasteiger partial charge in [0.25, 0.3) is 0 Å². The van der Waals surface area contributed by atoms with E-state index in [-0.39, 0.29) is 12.4 Å². The van der Waals surface area contributed by atoms with Crippen LogP contribution in [0, 0.1) is 0 Å². The molecule has 7 heteroatoms. The Kier molecular flexibility index (Phi) is 45.5. The van der Waals surface area contributed by atoms with E-state index in [1.807, 2.05) is 0 Å². The zero-order valence-electron chi connectivity index (χ0n) is 21.7. The minimum atomic E-state index is -2.86. The first-order valence-electron chi connectivity index (χ1n) is 12.7. The molecule has 0 saturated carbocycles. The maximum Gasteiger partial charge on any atom is 0.0814 e. The molecule has 1 unspecified atom stereocenters. The largest absolute Gasteiger partial charge is 0.750 e. The molecule has 1 N–H and O–H groups in total. The molecule has 31 heavy (non-hydrogen) atoms. The van der Waals surface area contributed by atoms with E-state index in [1.54, 1.807) is 37.0 Å². The van der Waals surface area contributed by atoms with Gasteiger partial charge in [-0.1, -0.05) is 80.1 Å². The molecule has 0 aromatic rings. The normalized spacial score (nSPS) is 11.3. The first-order valence-corrected chi connectivity index (χ1v) is 17.5. The molecule has 0 fully saturated rings. The van der Waals surface area contributed by atoms with Crippen LogP contribution < -0.4 is 0 Å². The first kappa shape index (κ1) is 39.4. The van der Waals surface area contributed by atoms with Crippen molar-refractivity contribution in [2.75, 3.05) is 37.0 Å². The Morgan fingerprint density at radius 2 is 0.677 bits per heavy atom. The minimum Gasteiger partial charge on any atom is -0.750 e. The summed E-state index contributed by atoms with van der Waals surface area (Å²) in [5.41, 5.74) is 0. The monoisotopic (exact) mass is 521 g/mol. The van der Waals surface area contributed by atoms with Gasteiger partial charge >= 0.3 is 0 Å². The highest BCUT2D eigenvalue weighted by atomic mass is 35.5. The number of rotatable bonds is 18. The fourth-order valence-corrected chi connectivity index (χ4v) is 8.88. The lowest BCUT2D eigenvalue weighted by Gasteiger charge is -2.16. The van der Waals surface area contributed by atoms with Crippen molar-refractivity contribution >= 4 is 39.6 Å². The van der Waals surface area contributed by atoms with Gasteiger partial charge in [-0.3, -0.25) is 0 Å². The van der Waals surface area contributed by atoms with Gasteiger partial charge < -0.3 is 9.11 Å². The lowest BCUT2D eigenvalue weighted by Crippen LogP contribution is -1.95. The Hall–Kier alpha value is 1.22. The zero-order chi connectivity index (χ0) is 23.5. The van der Waals surface area contributed by atoms with Crippen molar-refractivity contribution < 1.29 is 13.3 Å². The van der Waals surface area contributed by atoms with E-state index < -0.39 is 11.4 Å². The Bertz CT molecular complexity index is 261. The van der Waals surface area contributed by atoms with E-state index >= 15 is 0 Å². The van der Waals surface area contributed by atoms with Crippen LogP contribution in [-0.2, 0) is 11.4 Å². The highest BCUT2D eigenvalue weighted by molar-refractivity contribution is 7.73. The minimum absolute atomic E-state index is 0. The third kappa shape index (κ3) is 41.9. The molecular weight excluding hydrogens is 466 g/mol. The van der Waals surface area contributed by atoms with Crippen LogP contribution in [0.15, 0.2) is 0 Å². The highest BCUT2D eigenvalue weighted by Crippen LogP contribution is 2.39. The summed E-state index contributed by atoms with van der Waals surface area (Å²) in [7, 11) is 0.843. The van der Waals surface area contributed by atoms with Gasteiger partial charge in [-0.15, -0.1) is 28.3 Å². The van der Waals surface area contributed by atoms with Crippen LogP contribution in [-0.4, -0.2) is 50.3 Å². The molecule has 0 radical (unpaired) electrons. The zero-order valence-corrected chi connectivity index (χ0v) is 25.1. The molecule has 0 aliphatic rings. The van der Waals surface area contributed by atoms with Crippen LogP contribution in [0.2, 0.25) is 0 Å². The molecule has 1 atom stereocenters. The van der Waals surface area contributed by atoms with Gasteiger partial charge in [-0.25, -0.2) is 4.21 Å². The van der Waals surface area contributed by atoms with Gasteiger partial charge in [0.1, 0.15) is 0 Å². The Morgan fingerprint density at radius 3 is 0.774 bits per heavy atom. The summed E-state index contributed by atoms with van der Waals surface area (Å²) < 4.78 is 24.1. The van der Waals surface area contributed by atoms with Crippen molar-refractivity contribution in [3.63, 3.8) is 0 Å². The summed E-state index contributed by atoms with van der Waals surface area (Å²) in [4.78, 5) is 0. The van der Waals surface area contributed by atoms with E-state index in [0.29, 0.717) is 15.8 Å². The van der Waals surface area contributed by atoms with Crippen LogP contribution in [0.1, 0.15) is 119 Å². The van der Waals surface area contributed by atoms with E-state index in [9.17, 15) is 0 Å². The van der Waals surface area contributed by atoms with Gasteiger partial charge in [0.05, 0.1) is 11.4 Å². The lowest BCUT2D eigenvalue weighted by molar-refractivity contribution is 0.436. The summed E-state index contributed by atoms with van der Waals surface area (Å²) in [6.45, 7) is 13.9. The van der Waals surface area contributed by atoms with Crippen molar-refractivity contribution in [1.82, 2.24) is 0 Å². The lowest BCUT2D eigenvalue weighted by atomic mass is 10.4. The summed E-state index contributed by atoms with van der Waals surface area (Å²) >= 11 is -2.86. The number of hydrogen-bond acceptors (Lipinski definition) is 2. The molecule has 0 bridgehead atoms. The fourth-order valence-electron chi connectivity index (χ4n) is 2.96. The molecule has 0 aliphatic heterocycles. The van der Waals surface area contributed by atoms with Gasteiger partial charge in [-0.05, 0) is 75.5 Å². The highest BCUT2D eigenvalue weighted by Gasteiger charge is 2.06. The quantitative estimate of drug-likeness (QED) is 0.144. The summed E-state index contributed by atoms with van der Waals surface area (Å²) in [5.74, 6) is 0. The molecule has 0 spiro atoms. The second kappa shape index (κ2) is 35.8. The van der Waals surface area contributed by atoms with Crippen LogP contribution in [0.5, 0.6) is 0 Å². The van der Waals surface area contributed by atoms with Crippen molar-refractivity contribution in [1.29, 1.82) is 0 Å². The molecule has 0 saturated heterocycles. The van der Waals surface area contributed by atoms with Gasteiger partial charge in [0.15, 0.2) is 0 Å². The third-order valence-corrected chi connectivity index (χ3v) is 10.7. The maximum absolute atomic E-state index is 8.56. The topological polar surface area (TPSA) is 60.4 Å². The van der Waals surface area contributed by atoms with E-state index in [2.05, 4.69) is 41.5 Å². The standard InChI is InChI=1S/2C12H27P.ClH.H2O3S/c2*1-4-7-10-13(11-8-5-2)12-9-6-3;;1-4(2)3/h2*4-12H2,1-3H3;1H;(H2,1,2,3)/p-1. The second-order valence-corrected chi connectivity index (χ2v) is 13.8. The molecule has 0 aliphatic carbocycles. The van der Waals surface area contributed by atoms with Gasteiger partial charge in [-0.2, -0.15) is 0 Å². The number of halogens is 1. The molecule has 0 aromatic heterocycles. The van der Waals surface area contributed by atoms with Crippen molar-refractivity contribution in [3.8, 4) is 0 Å². The smallest absolute Gasteiger partial charge is 0.0814 e. The summed E-state index contributed by atoms with van der Waals surface area (Å²) in [6.07, 6.45) is 26.4. The predicted octanol–water partition coefficient (Wildman–Crippen LogP) is 9.50. The number of hydrogen-bond donors (Lipinski definition) is 1. The van der Waals surface area contributed by atoms with Crippen molar-refractivity contribution in [2.24, 2.45) is 0 Å². The predicted molar refractivity (Wildman–Crippen MR) is 151 cm³/mol. The van der Waals surface area contributed by atoms with Crippen molar-refractivity contribution in [2.45, 2.75) is 119 Å². The Labute approximate surface area is 208 Å². The maximum atomic E-state index is 8.56.